The molecule has 30 heavy (non-hydrogen) atoms. The van der Waals surface area contributed by atoms with Gasteiger partial charge in [-0.05, 0) is 48.7 Å². The van der Waals surface area contributed by atoms with E-state index in [1.165, 1.54) is 6.33 Å². The van der Waals surface area contributed by atoms with Crippen LogP contribution in [0, 0.1) is 0 Å². The van der Waals surface area contributed by atoms with Gasteiger partial charge in [-0.1, -0.05) is 29.8 Å². The third-order valence-corrected chi connectivity index (χ3v) is 4.68. The van der Waals surface area contributed by atoms with Crippen LogP contribution in [0.5, 0.6) is 5.75 Å². The van der Waals surface area contributed by atoms with Crippen LogP contribution < -0.4 is 15.4 Å². The first kappa shape index (κ1) is 23.9. The topological polar surface area (TPSA) is 76.4 Å². The smallest absolute Gasteiger partial charge is 0.191 e. The number of halogens is 2. The fourth-order valence-electron chi connectivity index (χ4n) is 2.78. The number of methoxy groups -OCH3 is 1. The highest BCUT2D eigenvalue weighted by Crippen LogP contribution is 2.22. The molecule has 9 heteroatoms. The lowest BCUT2D eigenvalue weighted by Crippen LogP contribution is -2.38. The Kier molecular flexibility index (Phi) is 9.88. The second-order valence-electron chi connectivity index (χ2n) is 6.34. The van der Waals surface area contributed by atoms with Crippen LogP contribution >= 0.6 is 35.6 Å². The first-order valence-electron chi connectivity index (χ1n) is 9.48. The van der Waals surface area contributed by atoms with Gasteiger partial charge >= 0.3 is 0 Å². The molecule has 0 aliphatic rings. The van der Waals surface area contributed by atoms with E-state index in [1.54, 1.807) is 18.1 Å². The number of benzene rings is 2. The summed E-state index contributed by atoms with van der Waals surface area (Å²) in [6.07, 6.45) is 3.99. The maximum Gasteiger partial charge on any atom is 0.191 e. The highest BCUT2D eigenvalue weighted by Gasteiger charge is 2.04. The normalized spacial score (nSPS) is 11.0. The number of nitrogens with one attached hydrogen (secondary N) is 2. The summed E-state index contributed by atoms with van der Waals surface area (Å²) in [4.78, 5) is 8.63. The molecule has 0 amide bonds. The SMILES string of the molecule is CCNC(=NCc1ccc(-n2cncn2)cc1)NCCc1ccc(OC)cc1Cl.I. The highest BCUT2D eigenvalue weighted by molar-refractivity contribution is 14.0. The monoisotopic (exact) mass is 540 g/mol. The molecule has 0 spiro atoms. The van der Waals surface area contributed by atoms with E-state index in [1.807, 2.05) is 49.4 Å². The van der Waals surface area contributed by atoms with Crippen molar-refractivity contribution in [2.45, 2.75) is 19.9 Å². The minimum absolute atomic E-state index is 0. The van der Waals surface area contributed by atoms with E-state index in [4.69, 9.17) is 16.3 Å². The van der Waals surface area contributed by atoms with E-state index in [9.17, 15) is 0 Å². The van der Waals surface area contributed by atoms with Crippen molar-refractivity contribution in [1.82, 2.24) is 25.4 Å². The molecule has 2 aromatic carbocycles. The van der Waals surface area contributed by atoms with Gasteiger partial charge < -0.3 is 15.4 Å². The van der Waals surface area contributed by atoms with Crippen LogP contribution in [0.2, 0.25) is 5.02 Å². The Bertz CT molecular complexity index is 931. The molecular weight excluding hydrogens is 515 g/mol. The van der Waals surface area contributed by atoms with Gasteiger partial charge in [-0.2, -0.15) is 5.10 Å². The Hall–Kier alpha value is -2.33. The molecule has 1 aromatic heterocycles. The molecule has 2 N–H and O–H groups in total. The second-order valence-corrected chi connectivity index (χ2v) is 6.74. The van der Waals surface area contributed by atoms with E-state index in [0.29, 0.717) is 11.6 Å². The van der Waals surface area contributed by atoms with Gasteiger partial charge in [-0.25, -0.2) is 14.7 Å². The van der Waals surface area contributed by atoms with Crippen LogP contribution in [0.4, 0.5) is 0 Å². The van der Waals surface area contributed by atoms with Crippen molar-refractivity contribution in [3.8, 4) is 11.4 Å². The van der Waals surface area contributed by atoms with E-state index in [0.717, 1.165) is 48.0 Å². The number of hydrogen-bond donors (Lipinski definition) is 2. The molecule has 0 atom stereocenters. The van der Waals surface area contributed by atoms with Crippen molar-refractivity contribution in [2.75, 3.05) is 20.2 Å². The molecule has 0 aliphatic carbocycles. The van der Waals surface area contributed by atoms with Crippen LogP contribution in [0.3, 0.4) is 0 Å². The Morgan fingerprint density at radius 1 is 1.17 bits per heavy atom. The summed E-state index contributed by atoms with van der Waals surface area (Å²) in [7, 11) is 1.63. The average Bonchev–Trinajstić information content (AvgIpc) is 3.28. The summed E-state index contributed by atoms with van der Waals surface area (Å²) in [5.41, 5.74) is 3.15. The predicted molar refractivity (Wildman–Crippen MR) is 131 cm³/mol. The molecule has 3 aromatic rings. The fourth-order valence-corrected chi connectivity index (χ4v) is 3.05. The molecule has 0 saturated heterocycles. The quantitative estimate of drug-likeness (QED) is 0.258. The molecule has 0 fully saturated rings. The minimum Gasteiger partial charge on any atom is -0.497 e. The molecule has 1 heterocycles. The van der Waals surface area contributed by atoms with Gasteiger partial charge in [0.25, 0.3) is 0 Å². The number of hydrogen-bond acceptors (Lipinski definition) is 4. The number of ether oxygens (including phenoxy) is 1. The second kappa shape index (κ2) is 12.4. The van der Waals surface area contributed by atoms with Crippen molar-refractivity contribution < 1.29 is 4.74 Å². The zero-order valence-corrected chi connectivity index (χ0v) is 20.1. The lowest BCUT2D eigenvalue weighted by Gasteiger charge is -2.12. The highest BCUT2D eigenvalue weighted by atomic mass is 127. The van der Waals surface area contributed by atoms with Gasteiger partial charge in [-0.3, -0.25) is 0 Å². The minimum atomic E-state index is 0. The van der Waals surface area contributed by atoms with E-state index < -0.39 is 0 Å². The molecular formula is C21H26ClIN6O. The zero-order valence-electron chi connectivity index (χ0n) is 17.0. The first-order valence-corrected chi connectivity index (χ1v) is 9.86. The van der Waals surface area contributed by atoms with Crippen LogP contribution in [-0.4, -0.2) is 40.9 Å². The van der Waals surface area contributed by atoms with Gasteiger partial charge in [-0.15, -0.1) is 24.0 Å². The standard InChI is InChI=1S/C21H25ClN6O.HI/c1-3-24-21(25-11-10-17-6-9-19(29-2)12-20(17)22)26-13-16-4-7-18(8-5-16)28-15-23-14-27-28;/h4-9,12,14-15H,3,10-11,13H2,1-2H3,(H2,24,25,26);1H. The lowest BCUT2D eigenvalue weighted by molar-refractivity contribution is 0.414. The van der Waals surface area contributed by atoms with Crippen molar-refractivity contribution in [2.24, 2.45) is 4.99 Å². The van der Waals surface area contributed by atoms with Gasteiger partial charge in [0, 0.05) is 18.1 Å². The van der Waals surface area contributed by atoms with Gasteiger partial charge in [0.2, 0.25) is 0 Å². The van der Waals surface area contributed by atoms with E-state index in [2.05, 4.69) is 25.7 Å². The lowest BCUT2D eigenvalue weighted by atomic mass is 10.1. The summed E-state index contributed by atoms with van der Waals surface area (Å²) in [5, 5.41) is 11.5. The Morgan fingerprint density at radius 3 is 2.60 bits per heavy atom. The summed E-state index contributed by atoms with van der Waals surface area (Å²) >= 11 is 6.31. The number of aromatic nitrogens is 3. The van der Waals surface area contributed by atoms with Crippen molar-refractivity contribution in [1.29, 1.82) is 0 Å². The van der Waals surface area contributed by atoms with Crippen LogP contribution in [0.15, 0.2) is 60.1 Å². The van der Waals surface area contributed by atoms with Gasteiger partial charge in [0.1, 0.15) is 18.4 Å². The molecule has 3 rings (SSSR count). The van der Waals surface area contributed by atoms with E-state index in [-0.39, 0.29) is 24.0 Å². The number of guanidine groups is 1. The largest absolute Gasteiger partial charge is 0.497 e. The van der Waals surface area contributed by atoms with Crippen LogP contribution in [0.25, 0.3) is 5.69 Å². The third-order valence-electron chi connectivity index (χ3n) is 4.33. The van der Waals surface area contributed by atoms with Crippen molar-refractivity contribution >= 4 is 41.5 Å². The first-order chi connectivity index (χ1) is 14.2. The maximum absolute atomic E-state index is 6.31. The molecule has 0 radical (unpaired) electrons. The average molecular weight is 541 g/mol. The predicted octanol–water partition coefficient (Wildman–Crippen LogP) is 3.85. The summed E-state index contributed by atoms with van der Waals surface area (Å²) < 4.78 is 6.92. The Labute approximate surface area is 198 Å². The van der Waals surface area contributed by atoms with E-state index >= 15 is 0 Å². The van der Waals surface area contributed by atoms with Gasteiger partial charge in [0.05, 0.1) is 19.3 Å². The molecule has 160 valence electrons. The summed E-state index contributed by atoms with van der Waals surface area (Å²) in [6.45, 7) is 4.14. The number of aliphatic imine (C=N–C) groups is 1. The molecule has 0 unspecified atom stereocenters. The third kappa shape index (κ3) is 6.88. The van der Waals surface area contributed by atoms with Crippen LogP contribution in [0.1, 0.15) is 18.1 Å². The number of rotatable bonds is 8. The number of nitrogens with zero attached hydrogens (tertiary/aromatic N) is 4. The Balaban J connectivity index is 0.00000320. The maximum atomic E-state index is 6.31. The molecule has 0 bridgehead atoms. The van der Waals surface area contributed by atoms with Crippen LogP contribution in [-0.2, 0) is 13.0 Å². The Morgan fingerprint density at radius 2 is 1.97 bits per heavy atom. The van der Waals surface area contributed by atoms with Gasteiger partial charge in [0.15, 0.2) is 5.96 Å². The molecule has 0 saturated carbocycles. The molecule has 7 nitrogen and oxygen atoms in total. The zero-order chi connectivity index (χ0) is 20.5. The molecule has 0 aliphatic heterocycles. The summed E-state index contributed by atoms with van der Waals surface area (Å²) in [5.74, 6) is 1.54. The fraction of sp³-hybridized carbons (Fsp3) is 0.286. The van der Waals surface area contributed by atoms with Crippen molar-refractivity contribution in [3.63, 3.8) is 0 Å². The summed E-state index contributed by atoms with van der Waals surface area (Å²) in [6, 6.07) is 13.8. The van der Waals surface area contributed by atoms with Crippen molar-refractivity contribution in [3.05, 3.63) is 71.3 Å².